The first-order chi connectivity index (χ1) is 5.17. The van der Waals surface area contributed by atoms with Gasteiger partial charge in [0.25, 0.3) is 0 Å². The van der Waals surface area contributed by atoms with Gasteiger partial charge >= 0.3 is 10.3 Å². The van der Waals surface area contributed by atoms with E-state index in [1.54, 1.807) is 0 Å². The number of nitrogens with one attached hydrogen (secondary N) is 1. The molecule has 0 radical (unpaired) electrons. The fraction of sp³-hybridized carbons (Fsp3) is 1.00. The van der Waals surface area contributed by atoms with Crippen molar-refractivity contribution in [2.24, 2.45) is 0 Å². The van der Waals surface area contributed by atoms with Crippen molar-refractivity contribution in [1.82, 2.24) is 9.62 Å². The predicted molar refractivity (Wildman–Crippen MR) is 40.4 cm³/mol. The molecule has 0 aliphatic carbocycles. The highest BCUT2D eigenvalue weighted by Crippen LogP contribution is 2.02. The third-order valence-corrected chi connectivity index (χ3v) is 3.02. The van der Waals surface area contributed by atoms with E-state index in [2.05, 4.69) is 9.50 Å². The van der Waals surface area contributed by atoms with E-state index in [4.69, 9.17) is 0 Å². The Morgan fingerprint density at radius 1 is 1.36 bits per heavy atom. The van der Waals surface area contributed by atoms with Crippen molar-refractivity contribution >= 4 is 10.3 Å². The number of rotatable bonds is 2. The smallest absolute Gasteiger partial charge is 0.314 e. The average molecular weight is 180 g/mol. The lowest BCUT2D eigenvalue weighted by atomic mass is 10.4. The van der Waals surface area contributed by atoms with Gasteiger partial charge in [-0.15, -0.1) is 0 Å². The molecule has 0 bridgehead atoms. The Hall–Kier alpha value is -0.170. The maximum absolute atomic E-state index is 11.0. The van der Waals surface area contributed by atoms with Gasteiger partial charge in [-0.3, -0.25) is 4.18 Å². The van der Waals surface area contributed by atoms with Crippen molar-refractivity contribution in [1.29, 1.82) is 0 Å². The highest BCUT2D eigenvalue weighted by molar-refractivity contribution is 7.84. The quantitative estimate of drug-likeness (QED) is 0.579. The van der Waals surface area contributed by atoms with E-state index >= 15 is 0 Å². The highest BCUT2D eigenvalue weighted by atomic mass is 32.2. The number of piperazine rings is 1. The molecule has 1 aliphatic rings. The van der Waals surface area contributed by atoms with E-state index in [-0.39, 0.29) is 0 Å². The SMILES string of the molecule is COS(=O)(=O)N1CCNCC1. The average Bonchev–Trinajstić information content (AvgIpc) is 2.06. The molecule has 1 aliphatic heterocycles. The summed E-state index contributed by atoms with van der Waals surface area (Å²) < 4.78 is 27.7. The van der Waals surface area contributed by atoms with Crippen molar-refractivity contribution in [2.75, 3.05) is 33.3 Å². The summed E-state index contributed by atoms with van der Waals surface area (Å²) in [5.41, 5.74) is 0. The lowest BCUT2D eigenvalue weighted by molar-refractivity contribution is 0.291. The van der Waals surface area contributed by atoms with Crippen molar-refractivity contribution in [2.45, 2.75) is 0 Å². The van der Waals surface area contributed by atoms with E-state index in [9.17, 15) is 8.42 Å². The molecule has 1 heterocycles. The van der Waals surface area contributed by atoms with Crippen LogP contribution in [0.2, 0.25) is 0 Å². The molecule has 0 unspecified atom stereocenters. The summed E-state index contributed by atoms with van der Waals surface area (Å²) in [6, 6.07) is 0. The van der Waals surface area contributed by atoms with Crippen LogP contribution < -0.4 is 5.32 Å². The largest absolute Gasteiger partial charge is 0.338 e. The van der Waals surface area contributed by atoms with Crippen LogP contribution in [0.25, 0.3) is 0 Å². The van der Waals surface area contributed by atoms with Gasteiger partial charge in [-0.1, -0.05) is 0 Å². The Kier molecular flexibility index (Phi) is 2.83. The first-order valence-electron chi connectivity index (χ1n) is 3.43. The van der Waals surface area contributed by atoms with Crippen LogP contribution in [-0.4, -0.2) is 46.0 Å². The Labute approximate surface area is 66.6 Å². The summed E-state index contributed by atoms with van der Waals surface area (Å²) in [5, 5.41) is 3.05. The van der Waals surface area contributed by atoms with Crippen LogP contribution in [-0.2, 0) is 14.5 Å². The van der Waals surface area contributed by atoms with E-state index in [0.29, 0.717) is 26.2 Å². The third kappa shape index (κ3) is 2.13. The fourth-order valence-electron chi connectivity index (χ4n) is 0.973. The molecule has 11 heavy (non-hydrogen) atoms. The Morgan fingerprint density at radius 2 is 1.91 bits per heavy atom. The van der Waals surface area contributed by atoms with E-state index in [1.807, 2.05) is 0 Å². The van der Waals surface area contributed by atoms with E-state index in [0.717, 1.165) is 0 Å². The first kappa shape index (κ1) is 8.92. The first-order valence-corrected chi connectivity index (χ1v) is 4.80. The van der Waals surface area contributed by atoms with Gasteiger partial charge in [0.2, 0.25) is 0 Å². The van der Waals surface area contributed by atoms with Crippen molar-refractivity contribution in [3.63, 3.8) is 0 Å². The zero-order valence-corrected chi connectivity index (χ0v) is 7.23. The van der Waals surface area contributed by atoms with E-state index < -0.39 is 10.3 Å². The second kappa shape index (κ2) is 3.48. The van der Waals surface area contributed by atoms with Crippen LogP contribution in [0.1, 0.15) is 0 Å². The molecule has 5 nitrogen and oxygen atoms in total. The van der Waals surface area contributed by atoms with E-state index in [1.165, 1.54) is 11.4 Å². The second-order valence-electron chi connectivity index (χ2n) is 2.27. The summed E-state index contributed by atoms with van der Waals surface area (Å²) in [6.45, 7) is 2.39. The summed E-state index contributed by atoms with van der Waals surface area (Å²) in [6.07, 6.45) is 0. The van der Waals surface area contributed by atoms with Gasteiger partial charge in [0, 0.05) is 26.2 Å². The molecule has 0 aromatic rings. The van der Waals surface area contributed by atoms with Crippen LogP contribution in [0.3, 0.4) is 0 Å². The zero-order valence-electron chi connectivity index (χ0n) is 6.41. The number of nitrogens with zero attached hydrogens (tertiary/aromatic N) is 1. The van der Waals surface area contributed by atoms with Crippen LogP contribution >= 0.6 is 0 Å². The Morgan fingerprint density at radius 3 is 2.36 bits per heavy atom. The minimum absolute atomic E-state index is 0.496. The molecule has 0 atom stereocenters. The van der Waals surface area contributed by atoms with Crippen molar-refractivity contribution < 1.29 is 12.6 Å². The second-order valence-corrected chi connectivity index (χ2v) is 3.98. The van der Waals surface area contributed by atoms with Crippen LogP contribution in [0.5, 0.6) is 0 Å². The molecule has 6 heteroatoms. The maximum atomic E-state index is 11.0. The van der Waals surface area contributed by atoms with Gasteiger partial charge in [-0.25, -0.2) is 0 Å². The molecule has 0 amide bonds. The normalized spacial score (nSPS) is 21.9. The van der Waals surface area contributed by atoms with Gasteiger partial charge in [-0.05, 0) is 0 Å². The number of hydrogen-bond donors (Lipinski definition) is 1. The molecular weight excluding hydrogens is 168 g/mol. The molecule has 0 aromatic carbocycles. The topological polar surface area (TPSA) is 58.6 Å². The molecule has 1 N–H and O–H groups in total. The van der Waals surface area contributed by atoms with Gasteiger partial charge in [-0.2, -0.15) is 12.7 Å². The third-order valence-electron chi connectivity index (χ3n) is 1.60. The van der Waals surface area contributed by atoms with Crippen molar-refractivity contribution in [3.8, 4) is 0 Å². The molecular formula is C5H12N2O3S. The van der Waals surface area contributed by atoms with Crippen molar-refractivity contribution in [3.05, 3.63) is 0 Å². The molecule has 1 fully saturated rings. The zero-order chi connectivity index (χ0) is 8.32. The number of hydrogen-bond acceptors (Lipinski definition) is 4. The summed E-state index contributed by atoms with van der Waals surface area (Å²) in [5.74, 6) is 0. The Bertz CT molecular complexity index is 208. The summed E-state index contributed by atoms with van der Waals surface area (Å²) >= 11 is 0. The molecule has 0 aromatic heterocycles. The molecule has 0 spiro atoms. The monoisotopic (exact) mass is 180 g/mol. The predicted octanol–water partition coefficient (Wildman–Crippen LogP) is -1.22. The summed E-state index contributed by atoms with van der Waals surface area (Å²) in [7, 11) is -2.25. The molecule has 1 saturated heterocycles. The Balaban J connectivity index is 2.58. The lowest BCUT2D eigenvalue weighted by Crippen LogP contribution is -2.46. The highest BCUT2D eigenvalue weighted by Gasteiger charge is 2.22. The standard InChI is InChI=1S/C5H12N2O3S/c1-10-11(8,9)7-4-2-6-3-5-7/h6H,2-5H2,1H3. The molecule has 66 valence electrons. The van der Waals surface area contributed by atoms with Gasteiger partial charge in [0.05, 0.1) is 7.11 Å². The minimum atomic E-state index is -3.43. The minimum Gasteiger partial charge on any atom is -0.314 e. The molecule has 0 saturated carbocycles. The lowest BCUT2D eigenvalue weighted by Gasteiger charge is -2.24. The maximum Gasteiger partial charge on any atom is 0.338 e. The van der Waals surface area contributed by atoms with Crippen LogP contribution in [0.4, 0.5) is 0 Å². The van der Waals surface area contributed by atoms with Crippen LogP contribution in [0.15, 0.2) is 0 Å². The van der Waals surface area contributed by atoms with Gasteiger partial charge in [0.1, 0.15) is 0 Å². The molecule has 1 rings (SSSR count). The van der Waals surface area contributed by atoms with Gasteiger partial charge in [0.15, 0.2) is 0 Å². The summed E-state index contributed by atoms with van der Waals surface area (Å²) in [4.78, 5) is 0. The van der Waals surface area contributed by atoms with Gasteiger partial charge < -0.3 is 5.32 Å². The fourth-order valence-corrected chi connectivity index (χ4v) is 1.81. The van der Waals surface area contributed by atoms with Crippen LogP contribution in [0, 0.1) is 0 Å².